The maximum absolute atomic E-state index is 12.3. The fraction of sp³-hybridized carbons (Fsp3) is 0.333. The maximum Gasteiger partial charge on any atom is 0.246 e. The minimum atomic E-state index is 0.116. The second kappa shape index (κ2) is 6.53. The Kier molecular flexibility index (Phi) is 4.29. The Labute approximate surface area is 125 Å². The van der Waals surface area contributed by atoms with Crippen LogP contribution < -0.4 is 0 Å². The van der Waals surface area contributed by atoms with Gasteiger partial charge in [0, 0.05) is 36.3 Å². The van der Waals surface area contributed by atoms with Crippen LogP contribution in [0.2, 0.25) is 0 Å². The first-order valence-electron chi connectivity index (χ1n) is 7.65. The molecule has 3 heteroatoms. The molecular weight excluding hydrogens is 260 g/mol. The number of carbonyl (C=O) groups excluding carboxylic acids is 1. The first kappa shape index (κ1) is 13.8. The Hall–Kier alpha value is -2.16. The van der Waals surface area contributed by atoms with Gasteiger partial charge in [0.05, 0.1) is 5.52 Å². The third-order valence-electron chi connectivity index (χ3n) is 3.99. The quantitative estimate of drug-likeness (QED) is 0.787. The number of carbonyl (C=O) groups is 1. The summed E-state index contributed by atoms with van der Waals surface area (Å²) in [7, 11) is 0. The molecule has 1 aliphatic heterocycles. The number of aromatic nitrogens is 1. The Balaban J connectivity index is 1.79. The highest BCUT2D eigenvalue weighted by molar-refractivity contribution is 5.95. The van der Waals surface area contributed by atoms with Crippen LogP contribution in [0.1, 0.15) is 31.2 Å². The molecule has 1 aliphatic rings. The molecule has 0 bridgehead atoms. The maximum atomic E-state index is 12.3. The fourth-order valence-electron chi connectivity index (χ4n) is 2.82. The van der Waals surface area contributed by atoms with Gasteiger partial charge in [-0.25, -0.2) is 0 Å². The molecule has 3 rings (SSSR count). The van der Waals surface area contributed by atoms with E-state index in [0.717, 1.165) is 42.4 Å². The summed E-state index contributed by atoms with van der Waals surface area (Å²) in [6.07, 6.45) is 10.1. The normalized spacial score (nSPS) is 16.3. The van der Waals surface area contributed by atoms with E-state index in [2.05, 4.69) is 4.98 Å². The third kappa shape index (κ3) is 3.30. The molecule has 3 nitrogen and oxygen atoms in total. The van der Waals surface area contributed by atoms with Crippen molar-refractivity contribution in [3.8, 4) is 0 Å². The number of nitrogens with zero attached hydrogens (tertiary/aromatic N) is 2. The van der Waals surface area contributed by atoms with Crippen molar-refractivity contribution in [3.05, 3.63) is 48.2 Å². The first-order valence-corrected chi connectivity index (χ1v) is 7.65. The molecule has 1 amide bonds. The second-order valence-electron chi connectivity index (χ2n) is 5.50. The summed E-state index contributed by atoms with van der Waals surface area (Å²) in [6, 6.07) is 10.0. The van der Waals surface area contributed by atoms with E-state index < -0.39 is 0 Å². The van der Waals surface area contributed by atoms with Crippen LogP contribution in [0.4, 0.5) is 0 Å². The topological polar surface area (TPSA) is 33.2 Å². The Morgan fingerprint density at radius 3 is 2.62 bits per heavy atom. The summed E-state index contributed by atoms with van der Waals surface area (Å²) in [5, 5.41) is 1.10. The number of fused-ring (bicyclic) bond motifs is 1. The van der Waals surface area contributed by atoms with E-state index in [1.165, 1.54) is 12.8 Å². The summed E-state index contributed by atoms with van der Waals surface area (Å²) in [4.78, 5) is 18.6. The lowest BCUT2D eigenvalue weighted by molar-refractivity contribution is -0.125. The fourth-order valence-corrected chi connectivity index (χ4v) is 2.82. The van der Waals surface area contributed by atoms with E-state index in [0.29, 0.717) is 0 Å². The van der Waals surface area contributed by atoms with E-state index >= 15 is 0 Å². The average Bonchev–Trinajstić information content (AvgIpc) is 2.82. The van der Waals surface area contributed by atoms with Crippen LogP contribution in [0, 0.1) is 0 Å². The molecule has 1 fully saturated rings. The van der Waals surface area contributed by atoms with Crippen LogP contribution in [-0.4, -0.2) is 28.9 Å². The predicted molar refractivity (Wildman–Crippen MR) is 85.8 cm³/mol. The van der Waals surface area contributed by atoms with Crippen LogP contribution in [-0.2, 0) is 4.79 Å². The predicted octanol–water partition coefficient (Wildman–Crippen LogP) is 3.65. The summed E-state index contributed by atoms with van der Waals surface area (Å²) in [5.74, 6) is 0.116. The highest BCUT2D eigenvalue weighted by Crippen LogP contribution is 2.17. The molecule has 0 aliphatic carbocycles. The molecule has 0 atom stereocenters. The summed E-state index contributed by atoms with van der Waals surface area (Å²) in [6.45, 7) is 1.77. The van der Waals surface area contributed by atoms with Crippen molar-refractivity contribution < 1.29 is 4.79 Å². The molecular formula is C18H20N2O. The number of amides is 1. The number of hydrogen-bond acceptors (Lipinski definition) is 2. The molecule has 108 valence electrons. The van der Waals surface area contributed by atoms with Gasteiger partial charge in [0.2, 0.25) is 5.91 Å². The molecule has 2 heterocycles. The first-order chi connectivity index (χ1) is 10.3. The number of hydrogen-bond donors (Lipinski definition) is 0. The smallest absolute Gasteiger partial charge is 0.246 e. The van der Waals surface area contributed by atoms with Crippen LogP contribution in [0.25, 0.3) is 17.0 Å². The molecule has 1 aromatic carbocycles. The molecule has 0 spiro atoms. The van der Waals surface area contributed by atoms with Crippen molar-refractivity contribution in [1.29, 1.82) is 0 Å². The summed E-state index contributed by atoms with van der Waals surface area (Å²) < 4.78 is 0. The van der Waals surface area contributed by atoms with Crippen molar-refractivity contribution in [2.75, 3.05) is 13.1 Å². The minimum Gasteiger partial charge on any atom is -0.339 e. The Morgan fingerprint density at radius 1 is 1.05 bits per heavy atom. The van der Waals surface area contributed by atoms with Crippen LogP contribution in [0.3, 0.4) is 0 Å². The summed E-state index contributed by atoms with van der Waals surface area (Å²) in [5.41, 5.74) is 1.94. The molecule has 1 aromatic heterocycles. The molecule has 0 radical (unpaired) electrons. The van der Waals surface area contributed by atoms with Gasteiger partial charge in [-0.2, -0.15) is 0 Å². The van der Waals surface area contributed by atoms with Crippen molar-refractivity contribution in [1.82, 2.24) is 9.88 Å². The van der Waals surface area contributed by atoms with Crippen LogP contribution in [0.5, 0.6) is 0 Å². The third-order valence-corrected chi connectivity index (χ3v) is 3.99. The van der Waals surface area contributed by atoms with Gasteiger partial charge >= 0.3 is 0 Å². The zero-order chi connectivity index (χ0) is 14.5. The Morgan fingerprint density at radius 2 is 1.81 bits per heavy atom. The van der Waals surface area contributed by atoms with Crippen molar-refractivity contribution in [2.24, 2.45) is 0 Å². The van der Waals surface area contributed by atoms with E-state index in [-0.39, 0.29) is 5.91 Å². The van der Waals surface area contributed by atoms with Crippen LogP contribution in [0.15, 0.2) is 42.6 Å². The van der Waals surface area contributed by atoms with E-state index in [1.54, 1.807) is 12.3 Å². The number of pyridine rings is 1. The molecule has 2 aromatic rings. The number of para-hydroxylation sites is 1. The van der Waals surface area contributed by atoms with Crippen molar-refractivity contribution >= 4 is 22.9 Å². The lowest BCUT2D eigenvalue weighted by Crippen LogP contribution is -2.30. The number of benzene rings is 1. The van der Waals surface area contributed by atoms with Gasteiger partial charge in [-0.15, -0.1) is 0 Å². The lowest BCUT2D eigenvalue weighted by Gasteiger charge is -2.18. The number of likely N-dealkylation sites (tertiary alicyclic amines) is 1. The van der Waals surface area contributed by atoms with Gasteiger partial charge in [-0.3, -0.25) is 9.78 Å². The van der Waals surface area contributed by atoms with E-state index in [4.69, 9.17) is 0 Å². The van der Waals surface area contributed by atoms with Crippen molar-refractivity contribution in [3.63, 3.8) is 0 Å². The zero-order valence-corrected chi connectivity index (χ0v) is 12.2. The van der Waals surface area contributed by atoms with E-state index in [9.17, 15) is 4.79 Å². The highest BCUT2D eigenvalue weighted by Gasteiger charge is 2.12. The largest absolute Gasteiger partial charge is 0.339 e. The minimum absolute atomic E-state index is 0.116. The highest BCUT2D eigenvalue weighted by atomic mass is 16.2. The van der Waals surface area contributed by atoms with Gasteiger partial charge in [0.15, 0.2) is 0 Å². The average molecular weight is 280 g/mol. The van der Waals surface area contributed by atoms with Gasteiger partial charge in [0.1, 0.15) is 0 Å². The van der Waals surface area contributed by atoms with E-state index in [1.807, 2.05) is 41.3 Å². The van der Waals surface area contributed by atoms with Gasteiger partial charge in [-0.1, -0.05) is 37.1 Å². The Bertz CT molecular complexity index is 650. The van der Waals surface area contributed by atoms with Crippen LogP contribution >= 0.6 is 0 Å². The summed E-state index contributed by atoms with van der Waals surface area (Å²) >= 11 is 0. The van der Waals surface area contributed by atoms with Gasteiger partial charge < -0.3 is 4.90 Å². The number of rotatable bonds is 2. The van der Waals surface area contributed by atoms with Gasteiger partial charge in [0.25, 0.3) is 0 Å². The SMILES string of the molecule is O=C(/C=C/c1cccc2cccnc12)N1CCCCCC1. The zero-order valence-electron chi connectivity index (χ0n) is 12.2. The standard InChI is InChI=1S/C18H20N2O/c21-17(20-13-3-1-2-4-14-20)11-10-16-8-5-7-15-9-6-12-19-18(15)16/h5-12H,1-4,13-14H2/b11-10+. The van der Waals surface area contributed by atoms with Gasteiger partial charge in [-0.05, 0) is 25.0 Å². The molecule has 0 unspecified atom stereocenters. The van der Waals surface area contributed by atoms with Crippen molar-refractivity contribution in [2.45, 2.75) is 25.7 Å². The molecule has 0 saturated carbocycles. The molecule has 0 N–H and O–H groups in total. The lowest BCUT2D eigenvalue weighted by atomic mass is 10.1. The second-order valence-corrected chi connectivity index (χ2v) is 5.50. The molecule has 1 saturated heterocycles. The monoisotopic (exact) mass is 280 g/mol. The molecule has 21 heavy (non-hydrogen) atoms.